The maximum atomic E-state index is 5.92. The largest absolute Gasteiger partial charge is 0.396 e. The zero-order valence-electron chi connectivity index (χ0n) is 9.46. The molecule has 2 N–H and O–H groups in total. The summed E-state index contributed by atoms with van der Waals surface area (Å²) in [6, 6.07) is 10.1. The molecule has 0 saturated heterocycles. The fourth-order valence-corrected chi connectivity index (χ4v) is 2.03. The number of nitrogens with zero attached hydrogens (tertiary/aromatic N) is 3. The van der Waals surface area contributed by atoms with Crippen LogP contribution < -0.4 is 5.73 Å². The molecular formula is C13H12N4. The SMILES string of the molecule is Cn1ncc(N)c1-c1ccc2ncccc2c1. The van der Waals surface area contributed by atoms with Crippen molar-refractivity contribution < 1.29 is 0 Å². The normalized spacial score (nSPS) is 10.9. The summed E-state index contributed by atoms with van der Waals surface area (Å²) >= 11 is 0. The number of aromatic nitrogens is 3. The molecule has 0 aliphatic heterocycles. The van der Waals surface area contributed by atoms with E-state index in [1.165, 1.54) is 0 Å². The summed E-state index contributed by atoms with van der Waals surface area (Å²) in [4.78, 5) is 4.29. The number of nitrogen functional groups attached to an aromatic ring is 1. The molecule has 0 aliphatic carbocycles. The molecule has 4 nitrogen and oxygen atoms in total. The molecule has 0 bridgehead atoms. The first-order valence-corrected chi connectivity index (χ1v) is 5.38. The Hall–Kier alpha value is -2.36. The highest BCUT2D eigenvalue weighted by molar-refractivity contribution is 5.85. The smallest absolute Gasteiger partial charge is 0.0908 e. The lowest BCUT2D eigenvalue weighted by atomic mass is 10.1. The minimum Gasteiger partial charge on any atom is -0.396 e. The summed E-state index contributed by atoms with van der Waals surface area (Å²) in [5.74, 6) is 0. The van der Waals surface area contributed by atoms with E-state index in [9.17, 15) is 0 Å². The molecule has 17 heavy (non-hydrogen) atoms. The van der Waals surface area contributed by atoms with Gasteiger partial charge in [-0.15, -0.1) is 0 Å². The highest BCUT2D eigenvalue weighted by atomic mass is 15.3. The monoisotopic (exact) mass is 224 g/mol. The van der Waals surface area contributed by atoms with E-state index in [1.807, 2.05) is 31.3 Å². The molecule has 0 unspecified atom stereocenters. The van der Waals surface area contributed by atoms with Crippen molar-refractivity contribution in [1.82, 2.24) is 14.8 Å². The zero-order valence-corrected chi connectivity index (χ0v) is 9.46. The first kappa shape index (κ1) is 9.84. The molecule has 2 aromatic heterocycles. The van der Waals surface area contributed by atoms with Gasteiger partial charge in [-0.05, 0) is 18.2 Å². The van der Waals surface area contributed by atoms with Gasteiger partial charge in [0.1, 0.15) is 0 Å². The van der Waals surface area contributed by atoms with Crippen molar-refractivity contribution >= 4 is 16.6 Å². The van der Waals surface area contributed by atoms with Gasteiger partial charge in [0.2, 0.25) is 0 Å². The third kappa shape index (κ3) is 1.54. The molecule has 3 aromatic rings. The van der Waals surface area contributed by atoms with Crippen LogP contribution in [0.5, 0.6) is 0 Å². The van der Waals surface area contributed by atoms with Crippen molar-refractivity contribution in [3.8, 4) is 11.3 Å². The summed E-state index contributed by atoms with van der Waals surface area (Å²) in [5.41, 5.74) is 9.59. The molecule has 1 aromatic carbocycles. The van der Waals surface area contributed by atoms with Gasteiger partial charge < -0.3 is 5.73 Å². The lowest BCUT2D eigenvalue weighted by molar-refractivity contribution is 0.776. The minimum atomic E-state index is 0.691. The highest BCUT2D eigenvalue weighted by Gasteiger charge is 2.08. The Balaban J connectivity index is 2.25. The van der Waals surface area contributed by atoms with E-state index in [0.717, 1.165) is 22.2 Å². The summed E-state index contributed by atoms with van der Waals surface area (Å²) < 4.78 is 1.78. The fourth-order valence-electron chi connectivity index (χ4n) is 2.03. The van der Waals surface area contributed by atoms with Crippen LogP contribution in [0.15, 0.2) is 42.7 Å². The van der Waals surface area contributed by atoms with Crippen LogP contribution in [-0.4, -0.2) is 14.8 Å². The second kappa shape index (κ2) is 3.59. The number of fused-ring (bicyclic) bond motifs is 1. The average Bonchev–Trinajstić information content (AvgIpc) is 2.68. The Labute approximate surface area is 98.7 Å². The Morgan fingerprint density at radius 2 is 2.12 bits per heavy atom. The molecule has 0 aliphatic rings. The topological polar surface area (TPSA) is 56.7 Å². The number of anilines is 1. The quantitative estimate of drug-likeness (QED) is 0.689. The van der Waals surface area contributed by atoms with Gasteiger partial charge >= 0.3 is 0 Å². The van der Waals surface area contributed by atoms with E-state index in [-0.39, 0.29) is 0 Å². The Morgan fingerprint density at radius 3 is 2.88 bits per heavy atom. The fraction of sp³-hybridized carbons (Fsp3) is 0.0769. The van der Waals surface area contributed by atoms with Gasteiger partial charge in [0.05, 0.1) is 23.1 Å². The van der Waals surface area contributed by atoms with Crippen molar-refractivity contribution in [1.29, 1.82) is 0 Å². The van der Waals surface area contributed by atoms with Gasteiger partial charge in [-0.25, -0.2) is 0 Å². The van der Waals surface area contributed by atoms with E-state index >= 15 is 0 Å². The standard InChI is InChI=1S/C13H12N4/c1-17-13(11(14)8-16-17)10-4-5-12-9(7-10)3-2-6-15-12/h2-8H,14H2,1H3. The summed E-state index contributed by atoms with van der Waals surface area (Å²) in [7, 11) is 1.89. The third-order valence-corrected chi connectivity index (χ3v) is 2.84. The van der Waals surface area contributed by atoms with Crippen molar-refractivity contribution in [3.05, 3.63) is 42.7 Å². The molecule has 84 valence electrons. The molecule has 0 atom stereocenters. The maximum absolute atomic E-state index is 5.92. The van der Waals surface area contributed by atoms with Gasteiger partial charge in [-0.1, -0.05) is 12.1 Å². The van der Waals surface area contributed by atoms with E-state index in [0.29, 0.717) is 5.69 Å². The average molecular weight is 224 g/mol. The summed E-state index contributed by atoms with van der Waals surface area (Å²) in [6.07, 6.45) is 3.46. The number of benzene rings is 1. The molecule has 4 heteroatoms. The van der Waals surface area contributed by atoms with Gasteiger partial charge in [-0.2, -0.15) is 5.10 Å². The van der Waals surface area contributed by atoms with Crippen LogP contribution in [0.3, 0.4) is 0 Å². The van der Waals surface area contributed by atoms with Gasteiger partial charge in [0.15, 0.2) is 0 Å². The second-order valence-corrected chi connectivity index (χ2v) is 3.98. The molecule has 0 saturated carbocycles. The van der Waals surface area contributed by atoms with Gasteiger partial charge in [0, 0.05) is 24.2 Å². The van der Waals surface area contributed by atoms with Crippen molar-refractivity contribution in [3.63, 3.8) is 0 Å². The Bertz CT molecular complexity index is 665. The Morgan fingerprint density at radius 1 is 1.24 bits per heavy atom. The van der Waals surface area contributed by atoms with E-state index in [1.54, 1.807) is 17.1 Å². The third-order valence-electron chi connectivity index (χ3n) is 2.84. The van der Waals surface area contributed by atoms with Crippen LogP contribution in [0, 0.1) is 0 Å². The number of rotatable bonds is 1. The van der Waals surface area contributed by atoms with Crippen molar-refractivity contribution in [2.45, 2.75) is 0 Å². The Kier molecular flexibility index (Phi) is 2.08. The van der Waals surface area contributed by atoms with Crippen LogP contribution >= 0.6 is 0 Å². The first-order chi connectivity index (χ1) is 8.25. The van der Waals surface area contributed by atoms with Gasteiger partial charge in [-0.3, -0.25) is 9.67 Å². The molecule has 0 fully saturated rings. The minimum absolute atomic E-state index is 0.691. The van der Waals surface area contributed by atoms with Gasteiger partial charge in [0.25, 0.3) is 0 Å². The second-order valence-electron chi connectivity index (χ2n) is 3.98. The number of hydrogen-bond donors (Lipinski definition) is 1. The number of hydrogen-bond acceptors (Lipinski definition) is 3. The molecule has 0 amide bonds. The van der Waals surface area contributed by atoms with Crippen molar-refractivity contribution in [2.24, 2.45) is 7.05 Å². The summed E-state index contributed by atoms with van der Waals surface area (Å²) in [6.45, 7) is 0. The predicted molar refractivity (Wildman–Crippen MR) is 68.4 cm³/mol. The first-order valence-electron chi connectivity index (χ1n) is 5.38. The van der Waals surface area contributed by atoms with E-state index in [2.05, 4.69) is 16.1 Å². The summed E-state index contributed by atoms with van der Waals surface area (Å²) in [5, 5.41) is 5.25. The van der Waals surface area contributed by atoms with Crippen LogP contribution in [-0.2, 0) is 7.05 Å². The lowest BCUT2D eigenvalue weighted by Gasteiger charge is -2.05. The highest BCUT2D eigenvalue weighted by Crippen LogP contribution is 2.27. The van der Waals surface area contributed by atoms with E-state index < -0.39 is 0 Å². The molecule has 2 heterocycles. The van der Waals surface area contributed by atoms with Crippen LogP contribution in [0.4, 0.5) is 5.69 Å². The van der Waals surface area contributed by atoms with Crippen molar-refractivity contribution in [2.75, 3.05) is 5.73 Å². The van der Waals surface area contributed by atoms with E-state index in [4.69, 9.17) is 5.73 Å². The maximum Gasteiger partial charge on any atom is 0.0908 e. The molecule has 0 radical (unpaired) electrons. The zero-order chi connectivity index (χ0) is 11.8. The number of pyridine rings is 1. The number of nitrogens with two attached hydrogens (primary N) is 1. The number of aryl methyl sites for hydroxylation is 1. The lowest BCUT2D eigenvalue weighted by Crippen LogP contribution is -1.95. The molecule has 0 spiro atoms. The molecular weight excluding hydrogens is 212 g/mol. The predicted octanol–water partition coefficient (Wildman–Crippen LogP) is 2.22. The van der Waals surface area contributed by atoms with Crippen LogP contribution in [0.25, 0.3) is 22.2 Å². The molecule has 3 rings (SSSR count). The van der Waals surface area contributed by atoms with Crippen LogP contribution in [0.2, 0.25) is 0 Å². The van der Waals surface area contributed by atoms with Crippen LogP contribution in [0.1, 0.15) is 0 Å².